The minimum absolute atomic E-state index is 0.0464. The Morgan fingerprint density at radius 3 is 2.76 bits per heavy atom. The molecule has 0 aliphatic heterocycles. The molecule has 0 aliphatic rings. The molecule has 0 atom stereocenters. The maximum absolute atomic E-state index is 12.3. The Kier molecular flexibility index (Phi) is 5.17. The van der Waals surface area contributed by atoms with Crippen molar-refractivity contribution in [2.75, 3.05) is 5.32 Å². The lowest BCUT2D eigenvalue weighted by atomic mass is 10.1. The molecule has 0 fully saturated rings. The Hall–Kier alpha value is -2.62. The Morgan fingerprint density at radius 2 is 1.96 bits per heavy atom. The predicted molar refractivity (Wildman–Crippen MR) is 103 cm³/mol. The van der Waals surface area contributed by atoms with Gasteiger partial charge in [0.15, 0.2) is 0 Å². The molecule has 0 spiro atoms. The summed E-state index contributed by atoms with van der Waals surface area (Å²) in [4.78, 5) is 20.2. The molecule has 1 aromatic heterocycles. The predicted octanol–water partition coefficient (Wildman–Crippen LogP) is 4.70. The standard InChI is InChI=1S/C21H25N3O/c1-4-5-20-22-17-10-8-16(13-19(17)23-20)9-11-21(25)24-18-12-14(2)6-7-15(18)3/h6-8,10,12-13H,4-5,9,11H2,1-3H3,(H,22,23)(H,24,25). The van der Waals surface area contributed by atoms with Gasteiger partial charge in [0, 0.05) is 18.5 Å². The van der Waals surface area contributed by atoms with Crippen molar-refractivity contribution in [3.63, 3.8) is 0 Å². The third-order valence-corrected chi connectivity index (χ3v) is 4.39. The normalized spacial score (nSPS) is 11.0. The number of benzene rings is 2. The number of carbonyl (C=O) groups is 1. The third-order valence-electron chi connectivity index (χ3n) is 4.39. The molecule has 1 heterocycles. The van der Waals surface area contributed by atoms with Crippen LogP contribution in [0, 0.1) is 13.8 Å². The van der Waals surface area contributed by atoms with Gasteiger partial charge in [-0.25, -0.2) is 4.98 Å². The average molecular weight is 335 g/mol. The maximum atomic E-state index is 12.3. The quantitative estimate of drug-likeness (QED) is 0.686. The number of aromatic amines is 1. The number of amides is 1. The molecule has 2 aromatic carbocycles. The summed E-state index contributed by atoms with van der Waals surface area (Å²) in [6.07, 6.45) is 3.22. The van der Waals surface area contributed by atoms with Crippen LogP contribution in [0.5, 0.6) is 0 Å². The fraction of sp³-hybridized carbons (Fsp3) is 0.333. The van der Waals surface area contributed by atoms with E-state index in [1.54, 1.807) is 0 Å². The van der Waals surface area contributed by atoms with Crippen LogP contribution in [0.25, 0.3) is 11.0 Å². The molecule has 0 bridgehead atoms. The van der Waals surface area contributed by atoms with E-state index in [-0.39, 0.29) is 5.91 Å². The minimum atomic E-state index is 0.0464. The van der Waals surface area contributed by atoms with Crippen LogP contribution in [0.15, 0.2) is 36.4 Å². The fourth-order valence-electron chi connectivity index (χ4n) is 2.96. The second-order valence-electron chi connectivity index (χ2n) is 6.65. The van der Waals surface area contributed by atoms with Gasteiger partial charge in [0.2, 0.25) is 5.91 Å². The van der Waals surface area contributed by atoms with Crippen LogP contribution < -0.4 is 5.32 Å². The van der Waals surface area contributed by atoms with Crippen molar-refractivity contribution in [2.45, 2.75) is 46.5 Å². The van der Waals surface area contributed by atoms with Gasteiger partial charge >= 0.3 is 0 Å². The monoisotopic (exact) mass is 335 g/mol. The molecule has 4 heteroatoms. The number of hydrogen-bond acceptors (Lipinski definition) is 2. The number of anilines is 1. The van der Waals surface area contributed by atoms with Gasteiger partial charge in [0.05, 0.1) is 11.0 Å². The molecular weight excluding hydrogens is 310 g/mol. The second-order valence-corrected chi connectivity index (χ2v) is 6.65. The Bertz CT molecular complexity index is 895. The van der Waals surface area contributed by atoms with E-state index >= 15 is 0 Å². The number of aromatic nitrogens is 2. The highest BCUT2D eigenvalue weighted by molar-refractivity contribution is 5.91. The lowest BCUT2D eigenvalue weighted by molar-refractivity contribution is -0.116. The highest BCUT2D eigenvalue weighted by atomic mass is 16.1. The minimum Gasteiger partial charge on any atom is -0.342 e. The van der Waals surface area contributed by atoms with Crippen LogP contribution in [0.4, 0.5) is 5.69 Å². The van der Waals surface area contributed by atoms with E-state index in [9.17, 15) is 4.79 Å². The number of fused-ring (bicyclic) bond motifs is 1. The van der Waals surface area contributed by atoms with E-state index in [0.717, 1.165) is 58.5 Å². The number of aryl methyl sites for hydroxylation is 4. The molecule has 3 rings (SSSR count). The number of hydrogen-bond donors (Lipinski definition) is 2. The van der Waals surface area contributed by atoms with Crippen LogP contribution in [-0.2, 0) is 17.6 Å². The van der Waals surface area contributed by atoms with Crippen molar-refractivity contribution in [2.24, 2.45) is 0 Å². The Morgan fingerprint density at radius 1 is 1.12 bits per heavy atom. The van der Waals surface area contributed by atoms with Gasteiger partial charge in [-0.2, -0.15) is 0 Å². The van der Waals surface area contributed by atoms with Crippen molar-refractivity contribution in [1.29, 1.82) is 0 Å². The van der Waals surface area contributed by atoms with Crippen LogP contribution >= 0.6 is 0 Å². The summed E-state index contributed by atoms with van der Waals surface area (Å²) in [6.45, 7) is 6.18. The zero-order chi connectivity index (χ0) is 17.8. The van der Waals surface area contributed by atoms with Gasteiger partial charge in [-0.15, -0.1) is 0 Å². The van der Waals surface area contributed by atoms with E-state index in [1.807, 2.05) is 32.0 Å². The molecule has 0 unspecified atom stereocenters. The summed E-state index contributed by atoms with van der Waals surface area (Å²) >= 11 is 0. The van der Waals surface area contributed by atoms with Crippen molar-refractivity contribution in [3.8, 4) is 0 Å². The highest BCUT2D eigenvalue weighted by Gasteiger charge is 2.07. The molecule has 0 saturated heterocycles. The van der Waals surface area contributed by atoms with Gasteiger partial charge in [-0.1, -0.05) is 25.1 Å². The summed E-state index contributed by atoms with van der Waals surface area (Å²) in [6, 6.07) is 12.3. The Balaban J connectivity index is 1.63. The first-order chi connectivity index (χ1) is 12.0. The fourth-order valence-corrected chi connectivity index (χ4v) is 2.96. The number of rotatable bonds is 6. The van der Waals surface area contributed by atoms with E-state index in [1.165, 1.54) is 0 Å². The van der Waals surface area contributed by atoms with Crippen LogP contribution in [0.2, 0.25) is 0 Å². The van der Waals surface area contributed by atoms with Gasteiger partial charge in [-0.05, 0) is 61.6 Å². The summed E-state index contributed by atoms with van der Waals surface area (Å²) < 4.78 is 0. The first kappa shape index (κ1) is 17.2. The molecule has 0 radical (unpaired) electrons. The molecule has 0 saturated carbocycles. The summed E-state index contributed by atoms with van der Waals surface area (Å²) in [5.41, 5.74) is 6.33. The van der Waals surface area contributed by atoms with Crippen molar-refractivity contribution in [3.05, 3.63) is 58.9 Å². The number of nitrogens with one attached hydrogen (secondary N) is 2. The number of H-pyrrole nitrogens is 1. The summed E-state index contributed by atoms with van der Waals surface area (Å²) in [7, 11) is 0. The first-order valence-electron chi connectivity index (χ1n) is 8.90. The largest absolute Gasteiger partial charge is 0.342 e. The van der Waals surface area contributed by atoms with Gasteiger partial charge in [0.25, 0.3) is 0 Å². The second kappa shape index (κ2) is 7.51. The molecule has 25 heavy (non-hydrogen) atoms. The first-order valence-corrected chi connectivity index (χ1v) is 8.90. The van der Waals surface area contributed by atoms with Gasteiger partial charge < -0.3 is 10.3 Å². The lowest BCUT2D eigenvalue weighted by Gasteiger charge is -2.09. The van der Waals surface area contributed by atoms with Crippen molar-refractivity contribution >= 4 is 22.6 Å². The zero-order valence-electron chi connectivity index (χ0n) is 15.1. The van der Waals surface area contributed by atoms with Crippen LogP contribution in [-0.4, -0.2) is 15.9 Å². The maximum Gasteiger partial charge on any atom is 0.224 e. The topological polar surface area (TPSA) is 57.8 Å². The molecular formula is C21H25N3O. The third kappa shape index (κ3) is 4.27. The van der Waals surface area contributed by atoms with Crippen LogP contribution in [0.3, 0.4) is 0 Å². The van der Waals surface area contributed by atoms with Crippen molar-refractivity contribution in [1.82, 2.24) is 9.97 Å². The average Bonchev–Trinajstić information content (AvgIpc) is 2.98. The SMILES string of the molecule is CCCc1nc2ccc(CCC(=O)Nc3cc(C)ccc3C)cc2[nH]1. The molecule has 0 aliphatic carbocycles. The molecule has 2 N–H and O–H groups in total. The van der Waals surface area contributed by atoms with Crippen LogP contribution in [0.1, 0.15) is 42.3 Å². The van der Waals surface area contributed by atoms with E-state index < -0.39 is 0 Å². The molecule has 3 aromatic rings. The molecule has 1 amide bonds. The van der Waals surface area contributed by atoms with E-state index in [4.69, 9.17) is 0 Å². The zero-order valence-corrected chi connectivity index (χ0v) is 15.1. The van der Waals surface area contributed by atoms with E-state index in [0.29, 0.717) is 6.42 Å². The summed E-state index contributed by atoms with van der Waals surface area (Å²) in [5, 5.41) is 3.02. The Labute approximate surface area is 148 Å². The number of nitrogens with zero attached hydrogens (tertiary/aromatic N) is 1. The highest BCUT2D eigenvalue weighted by Crippen LogP contribution is 2.18. The molecule has 4 nitrogen and oxygen atoms in total. The van der Waals surface area contributed by atoms with Crippen molar-refractivity contribution < 1.29 is 4.79 Å². The summed E-state index contributed by atoms with van der Waals surface area (Å²) in [5.74, 6) is 1.08. The van der Waals surface area contributed by atoms with Gasteiger partial charge in [0.1, 0.15) is 5.82 Å². The lowest BCUT2D eigenvalue weighted by Crippen LogP contribution is -2.13. The number of imidazole rings is 1. The smallest absolute Gasteiger partial charge is 0.224 e. The van der Waals surface area contributed by atoms with Gasteiger partial charge in [-0.3, -0.25) is 4.79 Å². The number of carbonyl (C=O) groups excluding carboxylic acids is 1. The van der Waals surface area contributed by atoms with E-state index in [2.05, 4.69) is 40.4 Å². The molecule has 130 valence electrons.